The second-order valence-corrected chi connectivity index (χ2v) is 7.06. The summed E-state index contributed by atoms with van der Waals surface area (Å²) in [6.45, 7) is 7.79. The molecule has 2 aromatic carbocycles. The molecule has 0 fully saturated rings. The zero-order valence-electron chi connectivity index (χ0n) is 14.8. The standard InChI is InChI=1S/C21H20O4/c1-13(22)24-16-9-10-17-18(12-16)25-19(20(17)23)11-14-5-7-15(8-6-14)21(2,3)4/h5-12H,1-4H3/b19-11+. The maximum atomic E-state index is 12.5. The molecule has 1 aliphatic rings. The summed E-state index contributed by atoms with van der Waals surface area (Å²) in [7, 11) is 0. The first kappa shape index (κ1) is 17.0. The van der Waals surface area contributed by atoms with E-state index in [1.807, 2.05) is 12.1 Å². The van der Waals surface area contributed by atoms with Crippen LogP contribution >= 0.6 is 0 Å². The molecule has 1 heterocycles. The Bertz CT molecular complexity index is 868. The number of hydrogen-bond donors (Lipinski definition) is 0. The van der Waals surface area contributed by atoms with E-state index in [9.17, 15) is 9.59 Å². The highest BCUT2D eigenvalue weighted by Gasteiger charge is 2.28. The topological polar surface area (TPSA) is 52.6 Å². The van der Waals surface area contributed by atoms with Crippen molar-refractivity contribution in [1.82, 2.24) is 0 Å². The number of ether oxygens (including phenoxy) is 2. The van der Waals surface area contributed by atoms with Gasteiger partial charge in [0, 0.05) is 13.0 Å². The Labute approximate surface area is 147 Å². The smallest absolute Gasteiger partial charge is 0.308 e. The van der Waals surface area contributed by atoms with Crippen molar-refractivity contribution in [2.45, 2.75) is 33.1 Å². The van der Waals surface area contributed by atoms with Crippen LogP contribution in [-0.4, -0.2) is 11.8 Å². The maximum Gasteiger partial charge on any atom is 0.308 e. The highest BCUT2D eigenvalue weighted by atomic mass is 16.5. The van der Waals surface area contributed by atoms with Gasteiger partial charge in [0.05, 0.1) is 5.56 Å². The number of carbonyl (C=O) groups excluding carboxylic acids is 2. The summed E-state index contributed by atoms with van der Waals surface area (Å²) in [5, 5.41) is 0. The van der Waals surface area contributed by atoms with Crippen LogP contribution in [0.5, 0.6) is 11.5 Å². The lowest BCUT2D eigenvalue weighted by molar-refractivity contribution is -0.131. The van der Waals surface area contributed by atoms with Crippen LogP contribution in [0.15, 0.2) is 48.2 Å². The van der Waals surface area contributed by atoms with Gasteiger partial charge in [-0.25, -0.2) is 0 Å². The molecule has 128 valence electrons. The first-order valence-electron chi connectivity index (χ1n) is 8.11. The second kappa shape index (κ2) is 6.20. The van der Waals surface area contributed by atoms with E-state index in [-0.39, 0.29) is 17.0 Å². The molecule has 1 aliphatic heterocycles. The Hall–Kier alpha value is -2.88. The minimum Gasteiger partial charge on any atom is -0.452 e. The number of allylic oxidation sites excluding steroid dienone is 1. The van der Waals surface area contributed by atoms with Gasteiger partial charge in [-0.3, -0.25) is 9.59 Å². The quantitative estimate of drug-likeness (QED) is 0.459. The number of carbonyl (C=O) groups is 2. The van der Waals surface area contributed by atoms with E-state index in [1.165, 1.54) is 12.5 Å². The summed E-state index contributed by atoms with van der Waals surface area (Å²) in [4.78, 5) is 23.5. The van der Waals surface area contributed by atoms with Crippen LogP contribution in [0.25, 0.3) is 6.08 Å². The predicted octanol–water partition coefficient (Wildman–Crippen LogP) is 4.53. The third-order valence-corrected chi connectivity index (χ3v) is 3.98. The SMILES string of the molecule is CC(=O)Oc1ccc2c(c1)O/C(=C/c1ccc(C(C)(C)C)cc1)C2=O. The first-order chi connectivity index (χ1) is 11.7. The highest BCUT2D eigenvalue weighted by molar-refractivity contribution is 6.14. The molecule has 4 nitrogen and oxygen atoms in total. The van der Waals surface area contributed by atoms with E-state index < -0.39 is 5.97 Å². The van der Waals surface area contributed by atoms with Crippen molar-refractivity contribution in [1.29, 1.82) is 0 Å². The normalized spacial score (nSPS) is 15.0. The molecular formula is C21H20O4. The van der Waals surface area contributed by atoms with Gasteiger partial charge in [-0.2, -0.15) is 0 Å². The maximum absolute atomic E-state index is 12.5. The van der Waals surface area contributed by atoms with Crippen molar-refractivity contribution < 1.29 is 19.1 Å². The summed E-state index contributed by atoms with van der Waals surface area (Å²) in [5.74, 6) is 0.429. The number of hydrogen-bond acceptors (Lipinski definition) is 4. The van der Waals surface area contributed by atoms with Crippen molar-refractivity contribution in [2.75, 3.05) is 0 Å². The molecule has 0 aromatic heterocycles. The van der Waals surface area contributed by atoms with Gasteiger partial charge >= 0.3 is 5.97 Å². The van der Waals surface area contributed by atoms with Crippen molar-refractivity contribution in [3.05, 3.63) is 64.9 Å². The van der Waals surface area contributed by atoms with Gasteiger partial charge in [0.25, 0.3) is 0 Å². The van der Waals surface area contributed by atoms with Gasteiger partial charge in [0.1, 0.15) is 11.5 Å². The number of esters is 1. The van der Waals surface area contributed by atoms with E-state index in [0.717, 1.165) is 5.56 Å². The molecule has 0 atom stereocenters. The molecule has 2 aromatic rings. The molecule has 25 heavy (non-hydrogen) atoms. The Morgan fingerprint density at radius 1 is 1.08 bits per heavy atom. The molecule has 4 heteroatoms. The molecule has 0 amide bonds. The average Bonchev–Trinajstić information content (AvgIpc) is 2.82. The number of fused-ring (bicyclic) bond motifs is 1. The zero-order valence-corrected chi connectivity index (χ0v) is 14.8. The highest BCUT2D eigenvalue weighted by Crippen LogP contribution is 2.35. The number of rotatable bonds is 2. The van der Waals surface area contributed by atoms with Crippen LogP contribution in [0.3, 0.4) is 0 Å². The third kappa shape index (κ3) is 3.63. The van der Waals surface area contributed by atoms with Crippen molar-refractivity contribution >= 4 is 17.8 Å². The summed E-state index contributed by atoms with van der Waals surface area (Å²) >= 11 is 0. The monoisotopic (exact) mass is 336 g/mol. The number of Topliss-reactive ketones (excluding diaryl/α,β-unsaturated/α-hetero) is 1. The van der Waals surface area contributed by atoms with Gasteiger partial charge < -0.3 is 9.47 Å². The van der Waals surface area contributed by atoms with Gasteiger partial charge in [-0.1, -0.05) is 45.0 Å². The minimum atomic E-state index is -0.418. The molecule has 0 saturated heterocycles. The van der Waals surface area contributed by atoms with Gasteiger partial charge in [-0.05, 0) is 34.8 Å². The fourth-order valence-electron chi connectivity index (χ4n) is 2.63. The van der Waals surface area contributed by atoms with Gasteiger partial charge in [0.2, 0.25) is 5.78 Å². The summed E-state index contributed by atoms with van der Waals surface area (Å²) in [6, 6.07) is 12.8. The summed E-state index contributed by atoms with van der Waals surface area (Å²) in [6.07, 6.45) is 1.72. The summed E-state index contributed by atoms with van der Waals surface area (Å²) < 4.78 is 10.7. The summed E-state index contributed by atoms with van der Waals surface area (Å²) in [5.41, 5.74) is 2.66. The molecule has 0 aliphatic carbocycles. The van der Waals surface area contributed by atoms with Crippen molar-refractivity contribution in [3.63, 3.8) is 0 Å². The minimum absolute atomic E-state index is 0.0781. The Kier molecular flexibility index (Phi) is 4.21. The zero-order chi connectivity index (χ0) is 18.2. The van der Waals surface area contributed by atoms with E-state index in [4.69, 9.17) is 9.47 Å². The lowest BCUT2D eigenvalue weighted by Gasteiger charge is -2.18. The molecule has 0 unspecified atom stereocenters. The average molecular weight is 336 g/mol. The second-order valence-electron chi connectivity index (χ2n) is 7.06. The lowest BCUT2D eigenvalue weighted by Crippen LogP contribution is -2.10. The number of ketones is 1. The van der Waals surface area contributed by atoms with Crippen molar-refractivity contribution in [3.8, 4) is 11.5 Å². The van der Waals surface area contributed by atoms with Crippen LogP contribution in [-0.2, 0) is 10.2 Å². The number of benzene rings is 2. The predicted molar refractivity (Wildman–Crippen MR) is 95.8 cm³/mol. The third-order valence-electron chi connectivity index (χ3n) is 3.98. The van der Waals surface area contributed by atoms with Crippen LogP contribution in [0.1, 0.15) is 49.2 Å². The molecule has 0 bridgehead atoms. The first-order valence-corrected chi connectivity index (χ1v) is 8.11. The van der Waals surface area contributed by atoms with E-state index >= 15 is 0 Å². The Balaban J connectivity index is 1.85. The molecule has 0 spiro atoms. The Morgan fingerprint density at radius 3 is 2.36 bits per heavy atom. The van der Waals surface area contributed by atoms with Crippen LogP contribution in [0, 0.1) is 0 Å². The lowest BCUT2D eigenvalue weighted by atomic mass is 9.86. The molecule has 3 rings (SSSR count). The van der Waals surface area contributed by atoms with Crippen molar-refractivity contribution in [2.24, 2.45) is 0 Å². The van der Waals surface area contributed by atoms with Crippen LogP contribution in [0.2, 0.25) is 0 Å². The van der Waals surface area contributed by atoms with Crippen LogP contribution in [0.4, 0.5) is 0 Å². The fraction of sp³-hybridized carbons (Fsp3) is 0.238. The van der Waals surface area contributed by atoms with E-state index in [1.54, 1.807) is 24.3 Å². The van der Waals surface area contributed by atoms with Crippen LogP contribution < -0.4 is 9.47 Å². The molecular weight excluding hydrogens is 316 g/mol. The Morgan fingerprint density at radius 2 is 1.76 bits per heavy atom. The fourth-order valence-corrected chi connectivity index (χ4v) is 2.63. The molecule has 0 radical (unpaired) electrons. The molecule has 0 saturated carbocycles. The largest absolute Gasteiger partial charge is 0.452 e. The van der Waals surface area contributed by atoms with E-state index in [2.05, 4.69) is 32.9 Å². The molecule has 0 N–H and O–H groups in total. The van der Waals surface area contributed by atoms with E-state index in [0.29, 0.717) is 17.1 Å². The van der Waals surface area contributed by atoms with Gasteiger partial charge in [-0.15, -0.1) is 0 Å². The van der Waals surface area contributed by atoms with Gasteiger partial charge in [0.15, 0.2) is 5.76 Å².